The number of carbonyl (C=O) groups is 1. The van der Waals surface area contributed by atoms with Crippen LogP contribution in [0.2, 0.25) is 0 Å². The number of amides is 1. The highest BCUT2D eigenvalue weighted by molar-refractivity contribution is 14.1. The number of aromatic amines is 1. The lowest BCUT2D eigenvalue weighted by Gasteiger charge is -2.13. The number of benzene rings is 1. The summed E-state index contributed by atoms with van der Waals surface area (Å²) in [5, 5.41) is 31.9. The summed E-state index contributed by atoms with van der Waals surface area (Å²) in [4.78, 5) is 19.8. The van der Waals surface area contributed by atoms with Crippen molar-refractivity contribution in [2.75, 3.05) is 5.32 Å². The molecule has 31 heavy (non-hydrogen) atoms. The number of anilines is 1. The maximum atomic E-state index is 11.4. The summed E-state index contributed by atoms with van der Waals surface area (Å²) in [7, 11) is 0. The van der Waals surface area contributed by atoms with Crippen molar-refractivity contribution in [3.63, 3.8) is 0 Å². The number of pyridine rings is 1. The second kappa shape index (κ2) is 8.93. The van der Waals surface area contributed by atoms with Crippen molar-refractivity contribution in [2.45, 2.75) is 13.0 Å². The molecule has 0 fully saturated rings. The van der Waals surface area contributed by atoms with E-state index in [2.05, 4.69) is 54.1 Å². The van der Waals surface area contributed by atoms with E-state index < -0.39 is 6.10 Å². The van der Waals surface area contributed by atoms with Crippen LogP contribution < -0.4 is 5.32 Å². The van der Waals surface area contributed by atoms with E-state index >= 15 is 0 Å². The van der Waals surface area contributed by atoms with Gasteiger partial charge in [-0.3, -0.25) is 4.79 Å². The average molecular weight is 542 g/mol. The van der Waals surface area contributed by atoms with Crippen molar-refractivity contribution in [1.29, 1.82) is 5.26 Å². The third-order valence-corrected chi connectivity index (χ3v) is 6.45. The van der Waals surface area contributed by atoms with Gasteiger partial charge in [-0.25, -0.2) is 4.98 Å². The molecule has 3 heterocycles. The highest BCUT2D eigenvalue weighted by Gasteiger charge is 2.28. The Labute approximate surface area is 195 Å². The van der Waals surface area contributed by atoms with Gasteiger partial charge in [-0.15, -0.1) is 21.5 Å². The predicted octanol–water partition coefficient (Wildman–Crippen LogP) is 4.11. The number of nitrogens with zero attached hydrogens (tertiary/aromatic N) is 4. The predicted molar refractivity (Wildman–Crippen MR) is 125 cm³/mol. The second-order valence-corrected chi connectivity index (χ2v) is 8.83. The maximum absolute atomic E-state index is 11.4. The smallest absolute Gasteiger partial charge is 0.222 e. The molecule has 0 aliphatic carbocycles. The van der Waals surface area contributed by atoms with Crippen molar-refractivity contribution in [3.05, 3.63) is 69.2 Å². The van der Waals surface area contributed by atoms with Gasteiger partial charge in [0.15, 0.2) is 5.82 Å². The van der Waals surface area contributed by atoms with E-state index in [1.54, 1.807) is 18.3 Å². The van der Waals surface area contributed by atoms with Gasteiger partial charge in [0.05, 0.1) is 15.3 Å². The summed E-state index contributed by atoms with van der Waals surface area (Å²) in [5.41, 5.74) is 2.15. The van der Waals surface area contributed by atoms with Crippen LogP contribution in [0.5, 0.6) is 0 Å². The SMILES string of the molecule is CC(=O)Nc1cc(-c2sc(-c3nnc[nH]3)c(C(O)c3ccc(I)cc3)c2C#N)ccn1. The molecule has 10 heteroatoms. The molecule has 0 bridgehead atoms. The molecule has 8 nitrogen and oxygen atoms in total. The first-order chi connectivity index (χ1) is 15.0. The summed E-state index contributed by atoms with van der Waals surface area (Å²) in [6, 6.07) is 13.1. The monoisotopic (exact) mass is 542 g/mol. The molecule has 0 aliphatic rings. The van der Waals surface area contributed by atoms with Crippen LogP contribution in [0.15, 0.2) is 48.9 Å². The van der Waals surface area contributed by atoms with Crippen molar-refractivity contribution in [1.82, 2.24) is 20.2 Å². The van der Waals surface area contributed by atoms with Crippen LogP contribution in [0.4, 0.5) is 5.82 Å². The Hall–Kier alpha value is -3.14. The molecule has 3 aromatic heterocycles. The zero-order valence-corrected chi connectivity index (χ0v) is 19.1. The van der Waals surface area contributed by atoms with Gasteiger partial charge in [0.25, 0.3) is 0 Å². The molecule has 1 atom stereocenters. The van der Waals surface area contributed by atoms with Crippen molar-refractivity contribution < 1.29 is 9.90 Å². The number of thiophene rings is 1. The lowest BCUT2D eigenvalue weighted by Crippen LogP contribution is -2.07. The van der Waals surface area contributed by atoms with E-state index in [-0.39, 0.29) is 5.91 Å². The standard InChI is InChI=1S/C21H15IN6O2S/c1-11(29)27-16-8-13(6-7-24-16)19-15(9-23)17(20(31-19)21-25-10-26-28-21)18(30)12-2-4-14(22)5-3-12/h2-8,10,18,30H,1H3,(H,24,27,29)(H,25,26,28). The van der Waals surface area contributed by atoms with Crippen LogP contribution in [-0.4, -0.2) is 31.2 Å². The van der Waals surface area contributed by atoms with Gasteiger partial charge in [-0.1, -0.05) is 12.1 Å². The number of hydrogen-bond donors (Lipinski definition) is 3. The van der Waals surface area contributed by atoms with Gasteiger partial charge in [-0.2, -0.15) is 5.26 Å². The quantitative estimate of drug-likeness (QED) is 0.326. The lowest BCUT2D eigenvalue weighted by atomic mass is 9.96. The number of aromatic nitrogens is 4. The minimum atomic E-state index is -1.03. The zero-order valence-electron chi connectivity index (χ0n) is 16.1. The Kier molecular flexibility index (Phi) is 6.08. The summed E-state index contributed by atoms with van der Waals surface area (Å²) in [6.07, 6.45) is 1.97. The van der Waals surface area contributed by atoms with Crippen molar-refractivity contribution in [2.24, 2.45) is 0 Å². The number of hydrogen-bond acceptors (Lipinski definition) is 7. The number of aliphatic hydroxyl groups is 1. The van der Waals surface area contributed by atoms with E-state index in [0.717, 1.165) is 3.57 Å². The van der Waals surface area contributed by atoms with Gasteiger partial charge in [0, 0.05) is 22.3 Å². The summed E-state index contributed by atoms with van der Waals surface area (Å²) in [6.45, 7) is 1.40. The van der Waals surface area contributed by atoms with Crippen LogP contribution in [0, 0.1) is 14.9 Å². The molecule has 0 aliphatic heterocycles. The molecule has 154 valence electrons. The third-order valence-electron chi connectivity index (χ3n) is 4.47. The number of halogens is 1. The summed E-state index contributed by atoms with van der Waals surface area (Å²) in [5.74, 6) is 0.597. The largest absolute Gasteiger partial charge is 0.384 e. The molecule has 1 unspecified atom stereocenters. The highest BCUT2D eigenvalue weighted by atomic mass is 127. The Morgan fingerprint density at radius 3 is 2.71 bits per heavy atom. The van der Waals surface area contributed by atoms with Crippen LogP contribution in [0.3, 0.4) is 0 Å². The first-order valence-electron chi connectivity index (χ1n) is 9.08. The third kappa shape index (κ3) is 4.34. The number of nitriles is 1. The Morgan fingerprint density at radius 2 is 2.06 bits per heavy atom. The number of carbonyl (C=O) groups excluding carboxylic acids is 1. The van der Waals surface area contributed by atoms with Crippen LogP contribution in [0.25, 0.3) is 21.1 Å². The fraction of sp³-hybridized carbons (Fsp3) is 0.0952. The maximum Gasteiger partial charge on any atom is 0.222 e. The zero-order chi connectivity index (χ0) is 22.0. The molecule has 4 rings (SSSR count). The Bertz CT molecular complexity index is 1280. The molecular weight excluding hydrogens is 527 g/mol. The van der Waals surface area contributed by atoms with Crippen molar-refractivity contribution >= 4 is 45.7 Å². The van der Waals surface area contributed by atoms with Crippen molar-refractivity contribution in [3.8, 4) is 27.2 Å². The molecule has 1 aromatic carbocycles. The average Bonchev–Trinajstić information content (AvgIpc) is 3.41. The number of rotatable bonds is 5. The van der Waals surface area contributed by atoms with Crippen LogP contribution in [0.1, 0.15) is 29.7 Å². The normalized spacial score (nSPS) is 11.7. The van der Waals surface area contributed by atoms with Crippen LogP contribution >= 0.6 is 33.9 Å². The van der Waals surface area contributed by atoms with Gasteiger partial charge in [-0.05, 0) is 58.0 Å². The first-order valence-corrected chi connectivity index (χ1v) is 11.0. The van der Waals surface area contributed by atoms with E-state index in [1.165, 1.54) is 24.6 Å². The number of aliphatic hydroxyl groups excluding tert-OH is 1. The molecule has 3 N–H and O–H groups in total. The molecule has 0 saturated heterocycles. The summed E-state index contributed by atoms with van der Waals surface area (Å²) < 4.78 is 1.04. The summed E-state index contributed by atoms with van der Waals surface area (Å²) >= 11 is 3.51. The van der Waals surface area contributed by atoms with E-state index in [4.69, 9.17) is 0 Å². The second-order valence-electron chi connectivity index (χ2n) is 6.56. The van der Waals surface area contributed by atoms with E-state index in [9.17, 15) is 15.2 Å². The van der Waals surface area contributed by atoms with Gasteiger partial charge < -0.3 is 15.4 Å². The fourth-order valence-corrected chi connectivity index (χ4v) is 4.73. The number of nitrogens with one attached hydrogen (secondary N) is 2. The van der Waals surface area contributed by atoms with E-state index in [1.807, 2.05) is 24.3 Å². The fourth-order valence-electron chi connectivity index (χ4n) is 3.14. The van der Waals surface area contributed by atoms with Gasteiger partial charge in [0.1, 0.15) is 24.3 Å². The molecule has 1 amide bonds. The Morgan fingerprint density at radius 1 is 1.29 bits per heavy atom. The highest BCUT2D eigenvalue weighted by Crippen LogP contribution is 2.45. The molecular formula is C21H15IN6O2S. The molecule has 4 aromatic rings. The minimum Gasteiger partial charge on any atom is -0.384 e. The lowest BCUT2D eigenvalue weighted by molar-refractivity contribution is -0.114. The minimum absolute atomic E-state index is 0.242. The Balaban J connectivity index is 1.91. The van der Waals surface area contributed by atoms with E-state index in [0.29, 0.717) is 43.7 Å². The first kappa shape index (κ1) is 21.1. The topological polar surface area (TPSA) is 128 Å². The van der Waals surface area contributed by atoms with Gasteiger partial charge >= 0.3 is 0 Å². The van der Waals surface area contributed by atoms with Crippen LogP contribution in [-0.2, 0) is 4.79 Å². The molecule has 0 saturated carbocycles. The molecule has 0 radical (unpaired) electrons. The molecule has 0 spiro atoms. The van der Waals surface area contributed by atoms with Gasteiger partial charge in [0.2, 0.25) is 5.91 Å². The number of H-pyrrole nitrogens is 1.